The van der Waals surface area contributed by atoms with Crippen molar-refractivity contribution in [1.29, 1.82) is 0 Å². The van der Waals surface area contributed by atoms with Crippen molar-refractivity contribution < 1.29 is 6.85 Å². The Labute approximate surface area is 415 Å². The molecule has 0 radical (unpaired) electrons. The Morgan fingerprint density at radius 2 is 0.843 bits per heavy atom. The molecule has 0 saturated carbocycles. The number of fused-ring (bicyclic) bond motifs is 13. The maximum absolute atomic E-state index is 9.07. The lowest BCUT2D eigenvalue weighted by Gasteiger charge is -2.33. The topological polar surface area (TPSA) is 11.4 Å². The number of para-hydroxylation sites is 4. The summed E-state index contributed by atoms with van der Waals surface area (Å²) in [5, 5.41) is 2.13. The average Bonchev–Trinajstić information content (AvgIpc) is 4.12. The Balaban J connectivity index is 1.06. The minimum absolute atomic E-state index is 0.153. The van der Waals surface area contributed by atoms with E-state index in [0.717, 1.165) is 72.7 Å². The third-order valence-electron chi connectivity index (χ3n) is 14.4. The third-order valence-corrected chi connectivity index (χ3v) is 14.4. The molecule has 0 N–H and O–H groups in total. The second-order valence-electron chi connectivity index (χ2n) is 18.1. The smallest absolute Gasteiger partial charge is 0.0727 e. The fraction of sp³-hybridized carbons (Fsp3) is 0.0149. The van der Waals surface area contributed by atoms with E-state index in [1.54, 1.807) is 0 Å². The van der Waals surface area contributed by atoms with Crippen LogP contribution in [0.15, 0.2) is 273 Å². The molecule has 3 heteroatoms. The third kappa shape index (κ3) is 5.95. The number of hydrogen-bond acceptors (Lipinski definition) is 2. The molecular formula is C67H45N3. The van der Waals surface area contributed by atoms with Gasteiger partial charge in [-0.15, -0.1) is 0 Å². The zero-order chi connectivity index (χ0) is 50.5. The fourth-order valence-corrected chi connectivity index (χ4v) is 11.7. The molecule has 1 spiro atoms. The van der Waals surface area contributed by atoms with Gasteiger partial charge in [0.15, 0.2) is 0 Å². The highest BCUT2D eigenvalue weighted by Gasteiger charge is 2.52. The number of anilines is 6. The number of nitrogens with zero attached hydrogens (tertiary/aromatic N) is 3. The van der Waals surface area contributed by atoms with Crippen LogP contribution in [0.2, 0.25) is 0 Å². The first-order valence-corrected chi connectivity index (χ1v) is 23.8. The number of benzene rings is 11. The van der Waals surface area contributed by atoms with Crippen molar-refractivity contribution in [2.45, 2.75) is 5.41 Å². The fourth-order valence-electron chi connectivity index (χ4n) is 11.7. The summed E-state index contributed by atoms with van der Waals surface area (Å²) in [6, 6.07) is 84.3. The summed E-state index contributed by atoms with van der Waals surface area (Å²) < 4.78 is 46.2. The van der Waals surface area contributed by atoms with E-state index >= 15 is 0 Å². The van der Waals surface area contributed by atoms with Crippen LogP contribution in [0.5, 0.6) is 0 Å². The molecule has 11 aromatic carbocycles. The van der Waals surface area contributed by atoms with Gasteiger partial charge in [0.25, 0.3) is 0 Å². The van der Waals surface area contributed by atoms with Crippen LogP contribution in [0.1, 0.15) is 29.1 Å². The Hall–Kier alpha value is -9.18. The summed E-state index contributed by atoms with van der Waals surface area (Å²) in [5.74, 6) is 0. The molecule has 0 bridgehead atoms. The molecule has 0 saturated heterocycles. The molecule has 0 amide bonds. The predicted molar refractivity (Wildman–Crippen MR) is 292 cm³/mol. The van der Waals surface area contributed by atoms with Gasteiger partial charge in [-0.05, 0) is 147 Å². The van der Waals surface area contributed by atoms with Gasteiger partial charge in [-0.3, -0.25) is 0 Å². The largest absolute Gasteiger partial charge is 0.310 e. The highest BCUT2D eigenvalue weighted by molar-refractivity contribution is 6.16. The van der Waals surface area contributed by atoms with Crippen molar-refractivity contribution in [3.63, 3.8) is 0 Å². The molecule has 328 valence electrons. The van der Waals surface area contributed by atoms with Crippen molar-refractivity contribution in [2.75, 3.05) is 9.80 Å². The summed E-state index contributed by atoms with van der Waals surface area (Å²) in [6.45, 7) is 0. The first kappa shape index (κ1) is 35.0. The molecule has 0 fully saturated rings. The van der Waals surface area contributed by atoms with Gasteiger partial charge in [-0.1, -0.05) is 182 Å². The molecule has 1 heterocycles. The van der Waals surface area contributed by atoms with Crippen LogP contribution in [0.25, 0.3) is 60.9 Å². The van der Waals surface area contributed by atoms with Gasteiger partial charge >= 0.3 is 0 Å². The summed E-state index contributed by atoms with van der Waals surface area (Å²) in [4.78, 5) is 4.64. The van der Waals surface area contributed by atoms with E-state index < -0.39 is 11.5 Å². The maximum Gasteiger partial charge on any atom is 0.0727 e. The molecule has 2 aliphatic carbocycles. The van der Waals surface area contributed by atoms with E-state index in [-0.39, 0.29) is 29.7 Å². The first-order valence-electron chi connectivity index (χ1n) is 26.3. The normalized spacial score (nSPS) is 15.1. The van der Waals surface area contributed by atoms with Crippen molar-refractivity contribution in [3.05, 3.63) is 295 Å². The summed E-state index contributed by atoms with van der Waals surface area (Å²) >= 11 is 0. The van der Waals surface area contributed by atoms with Crippen molar-refractivity contribution in [2.24, 2.45) is 0 Å². The average molecular weight is 897 g/mol. The van der Waals surface area contributed by atoms with E-state index in [0.29, 0.717) is 5.56 Å². The van der Waals surface area contributed by atoms with Gasteiger partial charge in [0.2, 0.25) is 0 Å². The number of rotatable bonds is 8. The Morgan fingerprint density at radius 1 is 0.343 bits per heavy atom. The summed E-state index contributed by atoms with van der Waals surface area (Å²) in [6.07, 6.45) is 0. The van der Waals surface area contributed by atoms with Gasteiger partial charge < -0.3 is 14.4 Å². The van der Waals surface area contributed by atoms with E-state index in [2.05, 4.69) is 233 Å². The van der Waals surface area contributed by atoms with Gasteiger partial charge in [-0.25, -0.2) is 0 Å². The molecule has 1 atom stereocenters. The second kappa shape index (κ2) is 16.0. The maximum atomic E-state index is 9.07. The number of aromatic nitrogens is 1. The van der Waals surface area contributed by atoms with Gasteiger partial charge in [-0.2, -0.15) is 0 Å². The molecule has 0 aliphatic heterocycles. The van der Waals surface area contributed by atoms with Gasteiger partial charge in [0.05, 0.1) is 29.0 Å². The van der Waals surface area contributed by atoms with E-state index in [1.165, 1.54) is 33.4 Å². The SMILES string of the molecule is [2H]c1c([2H])c([2H])c(-c2cccc(N(c3ccc4c(c3)C3(c5ccccc5-c5ccc(N(c6ccccc6)c6ccccc6)cc53)c3ccccc3-4)c3cccc4c3c3ccccc3n4-c3ccccc3)c2)c([2H])c1[2H]. The van der Waals surface area contributed by atoms with Crippen molar-refractivity contribution >= 4 is 55.9 Å². The lowest BCUT2D eigenvalue weighted by atomic mass is 9.70. The van der Waals surface area contributed by atoms with Crippen LogP contribution >= 0.6 is 0 Å². The van der Waals surface area contributed by atoms with Gasteiger partial charge in [0.1, 0.15) is 0 Å². The van der Waals surface area contributed by atoms with Crippen LogP contribution in [-0.4, -0.2) is 4.57 Å². The van der Waals surface area contributed by atoms with E-state index in [4.69, 9.17) is 6.85 Å². The Bertz CT molecular complexity index is 4190. The van der Waals surface area contributed by atoms with Crippen LogP contribution in [-0.2, 0) is 5.41 Å². The minimum atomic E-state index is -0.723. The lowest BCUT2D eigenvalue weighted by molar-refractivity contribution is 0.793. The molecule has 14 rings (SSSR count). The molecule has 70 heavy (non-hydrogen) atoms. The second-order valence-corrected chi connectivity index (χ2v) is 18.1. The summed E-state index contributed by atoms with van der Waals surface area (Å²) in [7, 11) is 0. The van der Waals surface area contributed by atoms with Crippen molar-refractivity contribution in [1.82, 2.24) is 4.57 Å². The molecule has 3 nitrogen and oxygen atoms in total. The van der Waals surface area contributed by atoms with Crippen LogP contribution in [0.4, 0.5) is 34.1 Å². The minimum Gasteiger partial charge on any atom is -0.310 e. The zero-order valence-corrected chi connectivity index (χ0v) is 37.9. The highest BCUT2D eigenvalue weighted by Crippen LogP contribution is 2.64. The quantitative estimate of drug-likeness (QED) is 0.151. The lowest BCUT2D eigenvalue weighted by Crippen LogP contribution is -2.26. The Kier molecular flexibility index (Phi) is 8.00. The number of hydrogen-bond donors (Lipinski definition) is 0. The zero-order valence-electron chi connectivity index (χ0n) is 42.9. The first-order chi connectivity index (χ1) is 36.8. The molecule has 12 aromatic rings. The molecule has 1 aromatic heterocycles. The summed E-state index contributed by atoms with van der Waals surface area (Å²) in [5.41, 5.74) is 18.4. The van der Waals surface area contributed by atoms with Crippen LogP contribution in [0.3, 0.4) is 0 Å². The van der Waals surface area contributed by atoms with Crippen molar-refractivity contribution in [3.8, 4) is 39.1 Å². The van der Waals surface area contributed by atoms with Gasteiger partial charge in [0, 0.05) is 44.9 Å². The molecule has 2 aliphatic rings. The van der Waals surface area contributed by atoms with Crippen LogP contribution < -0.4 is 9.80 Å². The highest BCUT2D eigenvalue weighted by atomic mass is 15.2. The van der Waals surface area contributed by atoms with E-state index in [1.807, 2.05) is 24.3 Å². The predicted octanol–water partition coefficient (Wildman–Crippen LogP) is 17.7. The standard InChI is InChI=1S/C67H45N3/c1-5-21-46(22-6-1)47-23-19-30-51(43-47)69(64-37-20-38-65-66(64)58-33-15-18-36-63(58)70(65)50-28-11-4-12-29-50)53-40-42-57-55-32-14-17-35-60(55)67(62(57)45-53)59-34-16-13-31-54(59)56-41-39-52(44-61(56)67)68(48-24-7-2-8-25-48)49-26-9-3-10-27-49/h1-45H/i1D,5D,6D,21D,22D. The Morgan fingerprint density at radius 3 is 1.50 bits per heavy atom. The molecular weight excluding hydrogens is 847 g/mol. The molecule has 1 unspecified atom stereocenters. The van der Waals surface area contributed by atoms with Crippen LogP contribution in [0, 0.1) is 0 Å². The van der Waals surface area contributed by atoms with E-state index in [9.17, 15) is 0 Å². The monoisotopic (exact) mass is 896 g/mol.